The van der Waals surface area contributed by atoms with E-state index < -0.39 is 0 Å². The molecule has 31 heavy (non-hydrogen) atoms. The molecule has 0 atom stereocenters. The van der Waals surface area contributed by atoms with Crippen molar-refractivity contribution in [3.63, 3.8) is 0 Å². The molecular formula is C26H31N3O2. The zero-order chi connectivity index (χ0) is 21.5. The molecule has 0 radical (unpaired) electrons. The average Bonchev–Trinajstić information content (AvgIpc) is 3.23. The van der Waals surface area contributed by atoms with E-state index in [1.807, 2.05) is 66.7 Å². The molecule has 2 heterocycles. The van der Waals surface area contributed by atoms with Gasteiger partial charge < -0.3 is 14.2 Å². The molecular weight excluding hydrogens is 386 g/mol. The lowest BCUT2D eigenvalue weighted by atomic mass is 10.0. The summed E-state index contributed by atoms with van der Waals surface area (Å²) in [6.07, 6.45) is 2.98. The summed E-state index contributed by atoms with van der Waals surface area (Å²) in [6.45, 7) is 5.92. The van der Waals surface area contributed by atoms with Crippen LogP contribution in [0.15, 0.2) is 72.9 Å². The maximum atomic E-state index is 13.4. The van der Waals surface area contributed by atoms with Gasteiger partial charge >= 0.3 is 0 Å². The molecule has 1 aromatic heterocycles. The highest BCUT2D eigenvalue weighted by atomic mass is 16.5. The van der Waals surface area contributed by atoms with Crippen molar-refractivity contribution in [1.82, 2.24) is 14.4 Å². The first-order valence-corrected chi connectivity index (χ1v) is 11.1. The van der Waals surface area contributed by atoms with E-state index in [4.69, 9.17) is 4.74 Å². The fraction of sp³-hybridized carbons (Fsp3) is 0.346. The lowest BCUT2D eigenvalue weighted by Crippen LogP contribution is -2.39. The standard InChI is InChI=1S/C26H31N3O2/c1-27-14-5-9-25(27)21-29(16-6-15-28-17-19-31-20-18-28)26(30)24-12-10-23(11-13-24)22-7-3-2-4-8-22/h2-5,7-14H,6,15-21H2,1H3. The molecule has 1 aliphatic heterocycles. The summed E-state index contributed by atoms with van der Waals surface area (Å²) < 4.78 is 7.52. The summed E-state index contributed by atoms with van der Waals surface area (Å²) in [5.41, 5.74) is 4.16. The maximum Gasteiger partial charge on any atom is 0.254 e. The second-order valence-corrected chi connectivity index (χ2v) is 8.09. The molecule has 5 heteroatoms. The lowest BCUT2D eigenvalue weighted by Gasteiger charge is -2.28. The van der Waals surface area contributed by atoms with Crippen molar-refractivity contribution >= 4 is 5.91 Å². The van der Waals surface area contributed by atoms with Crippen molar-refractivity contribution in [1.29, 1.82) is 0 Å². The Balaban J connectivity index is 1.45. The molecule has 1 fully saturated rings. The fourth-order valence-electron chi connectivity index (χ4n) is 4.04. The minimum absolute atomic E-state index is 0.0859. The van der Waals surface area contributed by atoms with Gasteiger partial charge in [-0.15, -0.1) is 0 Å². The van der Waals surface area contributed by atoms with E-state index in [9.17, 15) is 4.79 Å². The molecule has 5 nitrogen and oxygen atoms in total. The minimum Gasteiger partial charge on any atom is -0.379 e. The highest BCUT2D eigenvalue weighted by Crippen LogP contribution is 2.20. The van der Waals surface area contributed by atoms with Crippen molar-refractivity contribution in [2.24, 2.45) is 7.05 Å². The van der Waals surface area contributed by atoms with Crippen LogP contribution in [0.1, 0.15) is 22.5 Å². The predicted molar refractivity (Wildman–Crippen MR) is 124 cm³/mol. The van der Waals surface area contributed by atoms with Gasteiger partial charge in [0.05, 0.1) is 19.8 Å². The van der Waals surface area contributed by atoms with E-state index in [1.54, 1.807) is 0 Å². The molecule has 0 aliphatic carbocycles. The topological polar surface area (TPSA) is 37.7 Å². The summed E-state index contributed by atoms with van der Waals surface area (Å²) in [6, 6.07) is 22.3. The average molecular weight is 418 g/mol. The third kappa shape index (κ3) is 5.63. The van der Waals surface area contributed by atoms with Gasteiger partial charge in [0, 0.05) is 50.7 Å². The third-order valence-corrected chi connectivity index (χ3v) is 5.94. The summed E-state index contributed by atoms with van der Waals surface area (Å²) in [4.78, 5) is 17.8. The van der Waals surface area contributed by atoms with Gasteiger partial charge in [0.1, 0.15) is 0 Å². The summed E-state index contributed by atoms with van der Waals surface area (Å²) in [5, 5.41) is 0. The van der Waals surface area contributed by atoms with E-state index in [1.165, 1.54) is 0 Å². The molecule has 4 rings (SSSR count). The Morgan fingerprint density at radius 1 is 0.935 bits per heavy atom. The zero-order valence-corrected chi connectivity index (χ0v) is 18.2. The van der Waals surface area contributed by atoms with Gasteiger partial charge in [-0.05, 0) is 41.8 Å². The quantitative estimate of drug-likeness (QED) is 0.555. The van der Waals surface area contributed by atoms with Crippen LogP contribution >= 0.6 is 0 Å². The van der Waals surface area contributed by atoms with Gasteiger partial charge in [0.15, 0.2) is 0 Å². The Bertz CT molecular complexity index is 960. The molecule has 2 aromatic carbocycles. The first-order chi connectivity index (χ1) is 15.2. The summed E-state index contributed by atoms with van der Waals surface area (Å²) in [5.74, 6) is 0.0859. The number of morpholine rings is 1. The van der Waals surface area contributed by atoms with Crippen LogP contribution < -0.4 is 0 Å². The molecule has 3 aromatic rings. The fourth-order valence-corrected chi connectivity index (χ4v) is 4.04. The number of rotatable bonds is 8. The number of nitrogens with zero attached hydrogens (tertiary/aromatic N) is 3. The number of ether oxygens (including phenoxy) is 1. The highest BCUT2D eigenvalue weighted by molar-refractivity contribution is 5.94. The third-order valence-electron chi connectivity index (χ3n) is 5.94. The van der Waals surface area contributed by atoms with Gasteiger partial charge in [-0.3, -0.25) is 9.69 Å². The molecule has 0 spiro atoms. The van der Waals surface area contributed by atoms with E-state index in [-0.39, 0.29) is 5.91 Å². The van der Waals surface area contributed by atoms with Gasteiger partial charge in [-0.25, -0.2) is 0 Å². The van der Waals surface area contributed by atoms with Crippen LogP contribution in [0.3, 0.4) is 0 Å². The number of amides is 1. The normalized spacial score (nSPS) is 14.5. The van der Waals surface area contributed by atoms with Gasteiger partial charge in [0.25, 0.3) is 5.91 Å². The predicted octanol–water partition coefficient (Wildman–Crippen LogP) is 4.06. The van der Waals surface area contributed by atoms with Crippen LogP contribution in [-0.2, 0) is 18.3 Å². The number of hydrogen-bond acceptors (Lipinski definition) is 3. The van der Waals surface area contributed by atoms with E-state index in [0.717, 1.165) is 68.2 Å². The largest absolute Gasteiger partial charge is 0.379 e. The number of carbonyl (C=O) groups is 1. The lowest BCUT2D eigenvalue weighted by molar-refractivity contribution is 0.0355. The Morgan fingerprint density at radius 3 is 2.32 bits per heavy atom. The van der Waals surface area contributed by atoms with Gasteiger partial charge in [0.2, 0.25) is 0 Å². The van der Waals surface area contributed by atoms with Crippen molar-refractivity contribution < 1.29 is 9.53 Å². The van der Waals surface area contributed by atoms with Crippen molar-refractivity contribution in [2.45, 2.75) is 13.0 Å². The first-order valence-electron chi connectivity index (χ1n) is 11.1. The van der Waals surface area contributed by atoms with Crippen LogP contribution in [0.25, 0.3) is 11.1 Å². The zero-order valence-electron chi connectivity index (χ0n) is 18.2. The monoisotopic (exact) mass is 417 g/mol. The van der Waals surface area contributed by atoms with Crippen molar-refractivity contribution in [3.05, 3.63) is 84.2 Å². The van der Waals surface area contributed by atoms with Gasteiger partial charge in [-0.2, -0.15) is 0 Å². The molecule has 1 aliphatic rings. The van der Waals surface area contributed by atoms with Gasteiger partial charge in [-0.1, -0.05) is 42.5 Å². The van der Waals surface area contributed by atoms with Crippen molar-refractivity contribution in [3.8, 4) is 11.1 Å². The minimum atomic E-state index is 0.0859. The highest BCUT2D eigenvalue weighted by Gasteiger charge is 2.18. The van der Waals surface area contributed by atoms with Crippen LogP contribution in [0.5, 0.6) is 0 Å². The van der Waals surface area contributed by atoms with E-state index >= 15 is 0 Å². The Kier molecular flexibility index (Phi) is 7.18. The number of aromatic nitrogens is 1. The number of hydrogen-bond donors (Lipinski definition) is 0. The first kappa shape index (κ1) is 21.3. The Morgan fingerprint density at radius 2 is 1.65 bits per heavy atom. The van der Waals surface area contributed by atoms with Crippen LogP contribution in [-0.4, -0.2) is 59.7 Å². The second-order valence-electron chi connectivity index (χ2n) is 8.09. The summed E-state index contributed by atoms with van der Waals surface area (Å²) in [7, 11) is 2.03. The molecule has 0 N–H and O–H groups in total. The Hall–Kier alpha value is -2.89. The second kappa shape index (κ2) is 10.4. The van der Waals surface area contributed by atoms with E-state index in [2.05, 4.69) is 27.7 Å². The van der Waals surface area contributed by atoms with Crippen LogP contribution in [0, 0.1) is 0 Å². The summed E-state index contributed by atoms with van der Waals surface area (Å²) >= 11 is 0. The number of aryl methyl sites for hydroxylation is 1. The smallest absolute Gasteiger partial charge is 0.254 e. The molecule has 162 valence electrons. The SMILES string of the molecule is Cn1cccc1CN(CCCN1CCOCC1)C(=O)c1ccc(-c2ccccc2)cc1. The van der Waals surface area contributed by atoms with Crippen LogP contribution in [0.4, 0.5) is 0 Å². The molecule has 1 amide bonds. The van der Waals surface area contributed by atoms with Crippen molar-refractivity contribution in [2.75, 3.05) is 39.4 Å². The van der Waals surface area contributed by atoms with E-state index in [0.29, 0.717) is 6.54 Å². The molecule has 0 saturated carbocycles. The maximum absolute atomic E-state index is 13.4. The number of benzene rings is 2. The molecule has 0 unspecified atom stereocenters. The van der Waals surface area contributed by atoms with Crippen LogP contribution in [0.2, 0.25) is 0 Å². The molecule has 0 bridgehead atoms. The molecule has 1 saturated heterocycles. The number of carbonyl (C=O) groups excluding carboxylic acids is 1. The Labute approximate surface area is 184 Å².